The molecule has 1 atom stereocenters. The number of rotatable bonds is 6. The molecular formula is C22H26N2O5. The zero-order chi connectivity index (χ0) is 21.9. The average Bonchev–Trinajstić information content (AvgIpc) is 2.66. The first-order valence-corrected chi connectivity index (χ1v) is 9.23. The molecule has 7 nitrogen and oxygen atoms in total. The lowest BCUT2D eigenvalue weighted by atomic mass is 9.86. The molecule has 7 heteroatoms. The van der Waals surface area contributed by atoms with Gasteiger partial charge in [-0.05, 0) is 30.0 Å². The summed E-state index contributed by atoms with van der Waals surface area (Å²) in [5.74, 6) is -1.12. The average molecular weight is 398 g/mol. The maximum absolute atomic E-state index is 12.6. The molecule has 2 aromatic rings. The molecule has 0 saturated heterocycles. The van der Waals surface area contributed by atoms with E-state index in [4.69, 9.17) is 4.74 Å². The number of Topliss-reactive ketones (excluding diaryl/α,β-unsaturated/α-hetero) is 1. The Morgan fingerprint density at radius 3 is 2.07 bits per heavy atom. The molecule has 0 unspecified atom stereocenters. The largest absolute Gasteiger partial charge is 0.451 e. The minimum atomic E-state index is -1.02. The topological polar surface area (TPSA) is 89.8 Å². The highest BCUT2D eigenvalue weighted by Gasteiger charge is 2.24. The lowest BCUT2D eigenvalue weighted by Crippen LogP contribution is -2.24. The summed E-state index contributed by atoms with van der Waals surface area (Å²) in [6, 6.07) is 11.3. The summed E-state index contributed by atoms with van der Waals surface area (Å²) in [5.41, 5.74) is 1.67. The molecule has 0 saturated carbocycles. The third-order valence-electron chi connectivity index (χ3n) is 4.58. The Balaban J connectivity index is 2.17. The number of ether oxygens (including phenoxy) is 1. The third kappa shape index (κ3) is 5.19. The molecule has 2 aromatic carbocycles. The molecule has 0 aromatic heterocycles. The summed E-state index contributed by atoms with van der Waals surface area (Å²) in [5, 5.41) is 11.3. The molecule has 0 bridgehead atoms. The SMILES string of the molecule is C[C@@H](OC(=O)c1ccc(N(C)C)c([N+](=O)[O-])c1)C(=O)c1ccc(C(C)(C)C)cc1. The van der Waals surface area contributed by atoms with Crippen LogP contribution in [0.4, 0.5) is 11.4 Å². The number of ketones is 1. The van der Waals surface area contributed by atoms with Gasteiger partial charge in [-0.25, -0.2) is 4.79 Å². The van der Waals surface area contributed by atoms with Crippen molar-refractivity contribution in [3.63, 3.8) is 0 Å². The van der Waals surface area contributed by atoms with Crippen LogP contribution in [0.1, 0.15) is 54.0 Å². The molecule has 0 spiro atoms. The Labute approximate surface area is 170 Å². The fourth-order valence-corrected chi connectivity index (χ4v) is 2.83. The van der Waals surface area contributed by atoms with Crippen molar-refractivity contribution >= 4 is 23.1 Å². The maximum Gasteiger partial charge on any atom is 0.339 e. The fourth-order valence-electron chi connectivity index (χ4n) is 2.83. The van der Waals surface area contributed by atoms with E-state index in [-0.39, 0.29) is 22.4 Å². The molecule has 0 amide bonds. The number of esters is 1. The van der Waals surface area contributed by atoms with Gasteiger partial charge in [-0.15, -0.1) is 0 Å². The van der Waals surface area contributed by atoms with Crippen LogP contribution in [0.5, 0.6) is 0 Å². The summed E-state index contributed by atoms with van der Waals surface area (Å²) < 4.78 is 5.26. The second kappa shape index (κ2) is 8.43. The number of nitrogens with zero attached hydrogens (tertiary/aromatic N) is 2. The van der Waals surface area contributed by atoms with Gasteiger partial charge in [-0.1, -0.05) is 45.0 Å². The summed E-state index contributed by atoms with van der Waals surface area (Å²) in [7, 11) is 3.35. The van der Waals surface area contributed by atoms with Crippen molar-refractivity contribution in [2.24, 2.45) is 0 Å². The lowest BCUT2D eigenvalue weighted by molar-refractivity contribution is -0.384. The van der Waals surface area contributed by atoms with Gasteiger partial charge in [0.25, 0.3) is 5.69 Å². The van der Waals surface area contributed by atoms with Gasteiger partial charge in [0, 0.05) is 25.7 Å². The van der Waals surface area contributed by atoms with Gasteiger partial charge in [0.1, 0.15) is 5.69 Å². The zero-order valence-electron chi connectivity index (χ0n) is 17.6. The summed E-state index contributed by atoms with van der Waals surface area (Å²) >= 11 is 0. The number of hydrogen-bond acceptors (Lipinski definition) is 6. The normalized spacial score (nSPS) is 12.2. The Hall–Kier alpha value is -3.22. The van der Waals surface area contributed by atoms with Gasteiger partial charge in [0.2, 0.25) is 5.78 Å². The second-order valence-electron chi connectivity index (χ2n) is 8.09. The van der Waals surface area contributed by atoms with E-state index >= 15 is 0 Å². The van der Waals surface area contributed by atoms with E-state index in [1.165, 1.54) is 19.1 Å². The minimum Gasteiger partial charge on any atom is -0.451 e. The van der Waals surface area contributed by atoms with Crippen molar-refractivity contribution < 1.29 is 19.2 Å². The van der Waals surface area contributed by atoms with Crippen LogP contribution in [-0.2, 0) is 10.2 Å². The first-order valence-electron chi connectivity index (χ1n) is 9.23. The lowest BCUT2D eigenvalue weighted by Gasteiger charge is -2.19. The number of nitro groups is 1. The van der Waals surface area contributed by atoms with Gasteiger partial charge in [-0.3, -0.25) is 14.9 Å². The number of nitro benzene ring substituents is 1. The van der Waals surface area contributed by atoms with Gasteiger partial charge < -0.3 is 9.64 Å². The van der Waals surface area contributed by atoms with Gasteiger partial charge in [0.15, 0.2) is 6.10 Å². The van der Waals surface area contributed by atoms with Crippen molar-refractivity contribution in [2.75, 3.05) is 19.0 Å². The van der Waals surface area contributed by atoms with Gasteiger partial charge >= 0.3 is 5.97 Å². The van der Waals surface area contributed by atoms with Crippen LogP contribution in [0.25, 0.3) is 0 Å². The van der Waals surface area contributed by atoms with Crippen LogP contribution in [0.2, 0.25) is 0 Å². The third-order valence-corrected chi connectivity index (χ3v) is 4.58. The maximum atomic E-state index is 12.6. The molecule has 0 N–H and O–H groups in total. The predicted octanol–water partition coefficient (Wildman–Crippen LogP) is 4.39. The van der Waals surface area contributed by atoms with E-state index < -0.39 is 17.0 Å². The van der Waals surface area contributed by atoms with Gasteiger partial charge in [-0.2, -0.15) is 0 Å². The van der Waals surface area contributed by atoms with E-state index in [9.17, 15) is 19.7 Å². The molecule has 0 heterocycles. The summed E-state index contributed by atoms with van der Waals surface area (Å²) in [6.45, 7) is 7.72. The quantitative estimate of drug-likeness (QED) is 0.310. The number of benzene rings is 2. The molecule has 154 valence electrons. The number of hydrogen-bond donors (Lipinski definition) is 0. The smallest absolute Gasteiger partial charge is 0.339 e. The molecular weight excluding hydrogens is 372 g/mol. The highest BCUT2D eigenvalue weighted by Crippen LogP contribution is 2.28. The predicted molar refractivity (Wildman–Crippen MR) is 112 cm³/mol. The van der Waals surface area contributed by atoms with Crippen LogP contribution < -0.4 is 4.90 Å². The highest BCUT2D eigenvalue weighted by molar-refractivity contribution is 6.01. The minimum absolute atomic E-state index is 0.0185. The second-order valence-corrected chi connectivity index (χ2v) is 8.09. The van der Waals surface area contributed by atoms with E-state index in [1.807, 2.05) is 12.1 Å². The molecule has 0 aliphatic heterocycles. The summed E-state index contributed by atoms with van der Waals surface area (Å²) in [6.07, 6.45) is -1.02. The van der Waals surface area contributed by atoms with Crippen LogP contribution in [-0.4, -0.2) is 36.9 Å². The Morgan fingerprint density at radius 2 is 1.59 bits per heavy atom. The number of carbonyl (C=O) groups is 2. The van der Waals surface area contributed by atoms with Crippen LogP contribution in [0.3, 0.4) is 0 Å². The summed E-state index contributed by atoms with van der Waals surface area (Å²) in [4.78, 5) is 37.3. The molecule has 0 fully saturated rings. The van der Waals surface area contributed by atoms with E-state index in [0.29, 0.717) is 11.3 Å². The van der Waals surface area contributed by atoms with E-state index in [1.54, 1.807) is 31.1 Å². The van der Waals surface area contributed by atoms with Crippen molar-refractivity contribution in [1.82, 2.24) is 0 Å². The van der Waals surface area contributed by atoms with Crippen LogP contribution >= 0.6 is 0 Å². The van der Waals surface area contributed by atoms with Crippen molar-refractivity contribution in [2.45, 2.75) is 39.2 Å². The molecule has 0 radical (unpaired) electrons. The monoisotopic (exact) mass is 398 g/mol. The van der Waals surface area contributed by atoms with Crippen LogP contribution in [0, 0.1) is 10.1 Å². The Bertz CT molecular complexity index is 927. The molecule has 0 aliphatic rings. The first-order chi connectivity index (χ1) is 13.4. The number of anilines is 1. The molecule has 2 rings (SSSR count). The standard InChI is InChI=1S/C22H26N2O5/c1-14(20(25)15-7-10-17(11-8-15)22(2,3)4)29-21(26)16-9-12-18(23(5)6)19(13-16)24(27)28/h7-14H,1-6H3/t14-/m1/s1. The zero-order valence-corrected chi connectivity index (χ0v) is 17.6. The molecule has 29 heavy (non-hydrogen) atoms. The first kappa shape index (κ1) is 22.1. The highest BCUT2D eigenvalue weighted by atomic mass is 16.6. The fraction of sp³-hybridized carbons (Fsp3) is 0.364. The van der Waals surface area contributed by atoms with Crippen molar-refractivity contribution in [3.8, 4) is 0 Å². The van der Waals surface area contributed by atoms with Crippen molar-refractivity contribution in [1.29, 1.82) is 0 Å². The Morgan fingerprint density at radius 1 is 1.03 bits per heavy atom. The van der Waals surface area contributed by atoms with E-state index in [0.717, 1.165) is 11.6 Å². The van der Waals surface area contributed by atoms with Gasteiger partial charge in [0.05, 0.1) is 10.5 Å². The van der Waals surface area contributed by atoms with Crippen LogP contribution in [0.15, 0.2) is 42.5 Å². The Kier molecular flexibility index (Phi) is 6.41. The van der Waals surface area contributed by atoms with E-state index in [2.05, 4.69) is 20.8 Å². The number of carbonyl (C=O) groups excluding carboxylic acids is 2. The molecule has 0 aliphatic carbocycles. The van der Waals surface area contributed by atoms with Crippen molar-refractivity contribution in [3.05, 3.63) is 69.3 Å².